The molecule has 0 amide bonds. The molecule has 0 saturated heterocycles. The van der Waals surface area contributed by atoms with E-state index in [2.05, 4.69) is 25.0 Å². The third-order valence-electron chi connectivity index (χ3n) is 1.92. The van der Waals surface area contributed by atoms with Crippen LogP contribution in [0, 0.1) is 12.3 Å². The van der Waals surface area contributed by atoms with Gasteiger partial charge in [-0.3, -0.25) is 5.92 Å². The summed E-state index contributed by atoms with van der Waals surface area (Å²) in [6, 6.07) is 8.04. The van der Waals surface area contributed by atoms with E-state index in [1.54, 1.807) is 0 Å². The molecule has 12 heavy (non-hydrogen) atoms. The van der Waals surface area contributed by atoms with Crippen LogP contribution >= 0.6 is 0 Å². The third-order valence-corrected chi connectivity index (χ3v) is 1.92. The van der Waals surface area contributed by atoms with Crippen LogP contribution in [0.2, 0.25) is 0 Å². The Labute approximate surface area is 74.6 Å². The van der Waals surface area contributed by atoms with Gasteiger partial charge in [0.1, 0.15) is 0 Å². The SMILES string of the molecule is [C-]#Cc1ccc(CCCC)cc1. The number of aryl methyl sites for hydroxylation is 1. The zero-order valence-electron chi connectivity index (χ0n) is 7.43. The lowest BCUT2D eigenvalue weighted by Crippen LogP contribution is -1.84. The van der Waals surface area contributed by atoms with Gasteiger partial charge in [-0.25, -0.2) is 0 Å². The molecule has 0 N–H and O–H groups in total. The Kier molecular flexibility index (Phi) is 3.41. The molecule has 62 valence electrons. The summed E-state index contributed by atoms with van der Waals surface area (Å²) in [4.78, 5) is 0. The summed E-state index contributed by atoms with van der Waals surface area (Å²) in [5, 5.41) is 0. The molecule has 0 aliphatic carbocycles. The minimum absolute atomic E-state index is 0.857. The van der Waals surface area contributed by atoms with E-state index < -0.39 is 0 Å². The normalized spacial score (nSPS) is 9.33. The van der Waals surface area contributed by atoms with Crippen LogP contribution in [-0.4, -0.2) is 0 Å². The maximum absolute atomic E-state index is 6.90. The summed E-state index contributed by atoms with van der Waals surface area (Å²) in [5.41, 5.74) is 2.21. The molecule has 0 heteroatoms. The Hall–Kier alpha value is -1.22. The smallest absolute Gasteiger partial charge is 0.0280 e. The van der Waals surface area contributed by atoms with Gasteiger partial charge in [-0.15, -0.1) is 17.7 Å². The highest BCUT2D eigenvalue weighted by Crippen LogP contribution is 2.06. The number of rotatable bonds is 3. The molecule has 0 nitrogen and oxygen atoms in total. The Bertz CT molecular complexity index is 261. The van der Waals surface area contributed by atoms with Crippen molar-refractivity contribution in [1.29, 1.82) is 0 Å². The molecular formula is C12H13-. The fraction of sp³-hybridized carbons (Fsp3) is 0.333. The predicted molar refractivity (Wildman–Crippen MR) is 51.3 cm³/mol. The first kappa shape index (κ1) is 8.87. The highest BCUT2D eigenvalue weighted by Gasteiger charge is 1.88. The van der Waals surface area contributed by atoms with Crippen LogP contribution in [-0.2, 0) is 6.42 Å². The van der Waals surface area contributed by atoms with Crippen molar-refractivity contribution < 1.29 is 0 Å². The number of hydrogen-bond acceptors (Lipinski definition) is 0. The maximum Gasteiger partial charge on any atom is -0.0280 e. The number of unbranched alkanes of at least 4 members (excludes halogenated alkanes) is 1. The van der Waals surface area contributed by atoms with Gasteiger partial charge in [0.25, 0.3) is 0 Å². The molecule has 0 aliphatic heterocycles. The first-order chi connectivity index (χ1) is 5.86. The second-order valence-corrected chi connectivity index (χ2v) is 2.93. The lowest BCUT2D eigenvalue weighted by molar-refractivity contribution is 0.795. The van der Waals surface area contributed by atoms with Crippen molar-refractivity contribution in [3.8, 4) is 5.92 Å². The minimum Gasteiger partial charge on any atom is -0.366 e. The molecule has 1 aromatic rings. The fourth-order valence-electron chi connectivity index (χ4n) is 1.14. The molecule has 0 saturated carbocycles. The summed E-state index contributed by atoms with van der Waals surface area (Å²) in [5.74, 6) is 2.36. The van der Waals surface area contributed by atoms with E-state index >= 15 is 0 Å². The predicted octanol–water partition coefficient (Wildman–Crippen LogP) is 2.97. The van der Waals surface area contributed by atoms with Gasteiger partial charge in [0.05, 0.1) is 0 Å². The zero-order valence-corrected chi connectivity index (χ0v) is 7.43. The molecule has 0 aromatic heterocycles. The van der Waals surface area contributed by atoms with Crippen molar-refractivity contribution >= 4 is 0 Å². The van der Waals surface area contributed by atoms with Crippen molar-refractivity contribution in [2.24, 2.45) is 0 Å². The van der Waals surface area contributed by atoms with E-state index in [0.717, 1.165) is 12.0 Å². The Morgan fingerprint density at radius 2 is 1.92 bits per heavy atom. The van der Waals surface area contributed by atoms with Crippen molar-refractivity contribution in [3.63, 3.8) is 0 Å². The molecule has 0 heterocycles. The molecule has 1 aromatic carbocycles. The summed E-state index contributed by atoms with van der Waals surface area (Å²) in [7, 11) is 0. The molecule has 0 bridgehead atoms. The molecule has 0 radical (unpaired) electrons. The van der Waals surface area contributed by atoms with Gasteiger partial charge in [0.15, 0.2) is 0 Å². The topological polar surface area (TPSA) is 0 Å². The highest BCUT2D eigenvalue weighted by atomic mass is 14.0. The summed E-state index contributed by atoms with van der Waals surface area (Å²) < 4.78 is 0. The largest absolute Gasteiger partial charge is 0.366 e. The summed E-state index contributed by atoms with van der Waals surface area (Å²) in [6.45, 7) is 2.19. The quantitative estimate of drug-likeness (QED) is 0.467. The van der Waals surface area contributed by atoms with Crippen LogP contribution in [0.3, 0.4) is 0 Å². The maximum atomic E-state index is 6.90. The second kappa shape index (κ2) is 4.62. The van der Waals surface area contributed by atoms with E-state index in [-0.39, 0.29) is 0 Å². The van der Waals surface area contributed by atoms with Crippen LogP contribution in [0.5, 0.6) is 0 Å². The van der Waals surface area contributed by atoms with Crippen LogP contribution in [0.4, 0.5) is 0 Å². The van der Waals surface area contributed by atoms with Crippen molar-refractivity contribution in [2.75, 3.05) is 0 Å². The van der Waals surface area contributed by atoms with Gasteiger partial charge in [-0.1, -0.05) is 31.0 Å². The van der Waals surface area contributed by atoms with Crippen LogP contribution in [0.25, 0.3) is 0 Å². The Balaban J connectivity index is 2.60. The van der Waals surface area contributed by atoms with E-state index in [1.165, 1.54) is 18.4 Å². The average molecular weight is 157 g/mol. The number of hydrogen-bond donors (Lipinski definition) is 0. The summed E-state index contributed by atoms with van der Waals surface area (Å²) in [6.07, 6.45) is 10.5. The summed E-state index contributed by atoms with van der Waals surface area (Å²) >= 11 is 0. The Morgan fingerprint density at radius 1 is 1.25 bits per heavy atom. The van der Waals surface area contributed by atoms with Gasteiger partial charge in [-0.2, -0.15) is 0 Å². The average Bonchev–Trinajstić information content (AvgIpc) is 2.15. The molecule has 0 aliphatic rings. The first-order valence-corrected chi connectivity index (χ1v) is 4.38. The van der Waals surface area contributed by atoms with Gasteiger partial charge in [0, 0.05) is 0 Å². The van der Waals surface area contributed by atoms with E-state index in [9.17, 15) is 0 Å². The molecule has 1 rings (SSSR count). The van der Waals surface area contributed by atoms with E-state index in [1.807, 2.05) is 12.1 Å². The van der Waals surface area contributed by atoms with Gasteiger partial charge < -0.3 is 6.42 Å². The monoisotopic (exact) mass is 157 g/mol. The van der Waals surface area contributed by atoms with Gasteiger partial charge >= 0.3 is 0 Å². The van der Waals surface area contributed by atoms with Gasteiger partial charge in [0.2, 0.25) is 0 Å². The molecule has 0 unspecified atom stereocenters. The van der Waals surface area contributed by atoms with Crippen LogP contribution in [0.15, 0.2) is 24.3 Å². The minimum atomic E-state index is 0.857. The molecule has 0 atom stereocenters. The van der Waals surface area contributed by atoms with E-state index in [0.29, 0.717) is 0 Å². The molecular weight excluding hydrogens is 144 g/mol. The number of benzene rings is 1. The second-order valence-electron chi connectivity index (χ2n) is 2.93. The van der Waals surface area contributed by atoms with Crippen molar-refractivity contribution in [1.82, 2.24) is 0 Å². The first-order valence-electron chi connectivity index (χ1n) is 4.38. The standard InChI is InChI=1S/C12H13/c1-3-5-6-12-9-7-11(4-2)8-10-12/h7-10H,3,5-6H2,1H3/q-1. The fourth-order valence-corrected chi connectivity index (χ4v) is 1.14. The van der Waals surface area contributed by atoms with Crippen LogP contribution < -0.4 is 0 Å². The lowest BCUT2D eigenvalue weighted by Gasteiger charge is -2.03. The third kappa shape index (κ3) is 2.43. The highest BCUT2D eigenvalue weighted by molar-refractivity contribution is 5.32. The lowest BCUT2D eigenvalue weighted by atomic mass is 10.1. The van der Waals surface area contributed by atoms with Crippen molar-refractivity contribution in [2.45, 2.75) is 26.2 Å². The zero-order chi connectivity index (χ0) is 8.81. The molecule has 0 fully saturated rings. The van der Waals surface area contributed by atoms with Gasteiger partial charge in [-0.05, 0) is 12.8 Å². The van der Waals surface area contributed by atoms with E-state index in [4.69, 9.17) is 6.42 Å². The van der Waals surface area contributed by atoms with Crippen molar-refractivity contribution in [3.05, 3.63) is 41.8 Å². The molecule has 0 spiro atoms. The Morgan fingerprint density at radius 3 is 2.42 bits per heavy atom. The van der Waals surface area contributed by atoms with Crippen LogP contribution in [0.1, 0.15) is 30.9 Å².